The number of para-hydroxylation sites is 1. The Morgan fingerprint density at radius 2 is 1.88 bits per heavy atom. The van der Waals surface area contributed by atoms with Crippen molar-refractivity contribution in [3.05, 3.63) is 79.4 Å². The average molecular weight is 505 g/mol. The highest BCUT2D eigenvalue weighted by atomic mass is 35.5. The van der Waals surface area contributed by atoms with Gasteiger partial charge < -0.3 is 4.74 Å². The lowest BCUT2D eigenvalue weighted by Gasteiger charge is -2.13. The Balaban J connectivity index is 1.69. The fraction of sp³-hybridized carbons (Fsp3) is 0.250. The minimum absolute atomic E-state index is 0.0528. The molecule has 0 aliphatic heterocycles. The molecule has 2 aromatic heterocycles. The third-order valence-corrected chi connectivity index (χ3v) is 7.72. The molecule has 0 unspecified atom stereocenters. The number of fused-ring (bicyclic) bond motifs is 1. The first kappa shape index (κ1) is 23.2. The zero-order valence-electron chi connectivity index (χ0n) is 17.7. The lowest BCUT2D eigenvalue weighted by Crippen LogP contribution is -2.22. The van der Waals surface area contributed by atoms with Crippen LogP contribution in [-0.2, 0) is 6.42 Å². The van der Waals surface area contributed by atoms with Crippen molar-refractivity contribution in [3.8, 4) is 11.4 Å². The summed E-state index contributed by atoms with van der Waals surface area (Å²) in [5.74, 6) is 1.26. The molecular formula is C24H22Cl2N2O2S2. The van der Waals surface area contributed by atoms with Gasteiger partial charge in [0.1, 0.15) is 10.6 Å². The first-order chi connectivity index (χ1) is 15.5. The van der Waals surface area contributed by atoms with Crippen molar-refractivity contribution in [1.82, 2.24) is 9.55 Å². The molecule has 32 heavy (non-hydrogen) atoms. The van der Waals surface area contributed by atoms with E-state index in [1.54, 1.807) is 34.1 Å². The molecule has 2 heterocycles. The molecule has 0 aliphatic rings. The number of benzene rings is 2. The van der Waals surface area contributed by atoms with Crippen LogP contribution in [0.3, 0.4) is 0 Å². The highest BCUT2D eigenvalue weighted by Gasteiger charge is 2.19. The van der Waals surface area contributed by atoms with Crippen molar-refractivity contribution in [1.29, 1.82) is 0 Å². The molecule has 0 amide bonds. The fourth-order valence-electron chi connectivity index (χ4n) is 3.44. The summed E-state index contributed by atoms with van der Waals surface area (Å²) in [5, 5.41) is 2.53. The zero-order chi connectivity index (χ0) is 22.7. The molecule has 4 aromatic rings. The Kier molecular flexibility index (Phi) is 7.46. The van der Waals surface area contributed by atoms with Gasteiger partial charge in [0.25, 0.3) is 5.56 Å². The number of thioether (sulfide) groups is 1. The second-order valence-electron chi connectivity index (χ2n) is 7.22. The van der Waals surface area contributed by atoms with Crippen molar-refractivity contribution in [2.24, 2.45) is 0 Å². The summed E-state index contributed by atoms with van der Waals surface area (Å²) in [6, 6.07) is 14.6. The van der Waals surface area contributed by atoms with E-state index in [1.165, 1.54) is 16.6 Å². The fourth-order valence-corrected chi connectivity index (χ4v) is 5.90. The largest absolute Gasteiger partial charge is 0.491 e. The minimum Gasteiger partial charge on any atom is -0.491 e. The molecule has 166 valence electrons. The van der Waals surface area contributed by atoms with E-state index in [9.17, 15) is 4.79 Å². The summed E-state index contributed by atoms with van der Waals surface area (Å²) in [7, 11) is 0. The zero-order valence-corrected chi connectivity index (χ0v) is 20.9. The first-order valence-corrected chi connectivity index (χ1v) is 12.9. The van der Waals surface area contributed by atoms with Crippen LogP contribution in [0.5, 0.6) is 5.75 Å². The Morgan fingerprint density at radius 1 is 1.12 bits per heavy atom. The standard InChI is InChI=1S/C24H22Cl2N2O2S2/c1-3-6-20-15(2)21-22(32-20)27-24(28(23(21)29)17-11-9-16(25)10-12-17)31-14-13-30-19-8-5-4-7-18(19)26/h4-5,7-12H,3,6,13-14H2,1-2H3. The molecule has 0 saturated carbocycles. The monoisotopic (exact) mass is 504 g/mol. The molecule has 2 aromatic carbocycles. The van der Waals surface area contributed by atoms with Crippen LogP contribution in [-0.4, -0.2) is 21.9 Å². The predicted octanol–water partition coefficient (Wildman–Crippen LogP) is 7.19. The topological polar surface area (TPSA) is 44.1 Å². The Hall–Kier alpha value is -1.99. The van der Waals surface area contributed by atoms with Crippen LogP contribution in [0.1, 0.15) is 23.8 Å². The highest BCUT2D eigenvalue weighted by Crippen LogP contribution is 2.31. The van der Waals surface area contributed by atoms with Gasteiger partial charge in [-0.15, -0.1) is 11.3 Å². The first-order valence-electron chi connectivity index (χ1n) is 10.3. The molecule has 0 spiro atoms. The van der Waals surface area contributed by atoms with Gasteiger partial charge in [0.2, 0.25) is 0 Å². The number of aromatic nitrogens is 2. The van der Waals surface area contributed by atoms with E-state index in [0.29, 0.717) is 38.7 Å². The maximum Gasteiger partial charge on any atom is 0.267 e. The molecule has 0 atom stereocenters. The lowest BCUT2D eigenvalue weighted by molar-refractivity contribution is 0.344. The van der Waals surface area contributed by atoms with Gasteiger partial charge in [0.05, 0.1) is 22.7 Å². The summed E-state index contributed by atoms with van der Waals surface area (Å²) in [5.41, 5.74) is 1.72. The van der Waals surface area contributed by atoms with E-state index in [2.05, 4.69) is 6.92 Å². The van der Waals surface area contributed by atoms with Gasteiger partial charge in [-0.25, -0.2) is 4.98 Å². The van der Waals surface area contributed by atoms with E-state index in [1.807, 2.05) is 37.3 Å². The third-order valence-electron chi connectivity index (χ3n) is 5.00. The number of ether oxygens (including phenoxy) is 1. The normalized spacial score (nSPS) is 11.2. The van der Waals surface area contributed by atoms with E-state index in [0.717, 1.165) is 28.9 Å². The molecule has 0 fully saturated rings. The highest BCUT2D eigenvalue weighted by molar-refractivity contribution is 7.99. The van der Waals surface area contributed by atoms with Crippen LogP contribution in [0.25, 0.3) is 15.9 Å². The molecule has 4 nitrogen and oxygen atoms in total. The van der Waals surface area contributed by atoms with E-state index < -0.39 is 0 Å². The average Bonchev–Trinajstić information content (AvgIpc) is 3.09. The number of nitrogens with zero attached hydrogens (tertiary/aromatic N) is 2. The Labute approximate surface area is 205 Å². The summed E-state index contributed by atoms with van der Waals surface area (Å²) in [6.07, 6.45) is 1.97. The number of halogens is 2. The second-order valence-corrected chi connectivity index (χ2v) is 10.2. The van der Waals surface area contributed by atoms with Crippen LogP contribution >= 0.6 is 46.3 Å². The molecular weight excluding hydrogens is 483 g/mol. The number of thiophene rings is 1. The number of aryl methyl sites for hydroxylation is 2. The second kappa shape index (κ2) is 10.3. The van der Waals surface area contributed by atoms with E-state index in [-0.39, 0.29) is 5.56 Å². The molecule has 0 bridgehead atoms. The Morgan fingerprint density at radius 3 is 2.59 bits per heavy atom. The van der Waals surface area contributed by atoms with Crippen molar-refractivity contribution in [2.45, 2.75) is 31.8 Å². The summed E-state index contributed by atoms with van der Waals surface area (Å²) in [6.45, 7) is 4.60. The molecule has 0 radical (unpaired) electrons. The van der Waals surface area contributed by atoms with Gasteiger partial charge in [0.15, 0.2) is 5.16 Å². The maximum atomic E-state index is 13.6. The minimum atomic E-state index is -0.0528. The Bertz CT molecular complexity index is 1300. The molecule has 0 aliphatic carbocycles. The molecule has 0 N–H and O–H groups in total. The van der Waals surface area contributed by atoms with Gasteiger partial charge in [0, 0.05) is 15.7 Å². The predicted molar refractivity (Wildman–Crippen MR) is 137 cm³/mol. The van der Waals surface area contributed by atoms with Crippen LogP contribution < -0.4 is 10.3 Å². The van der Waals surface area contributed by atoms with Gasteiger partial charge in [-0.05, 0) is 55.3 Å². The van der Waals surface area contributed by atoms with E-state index in [4.69, 9.17) is 32.9 Å². The van der Waals surface area contributed by atoms with Gasteiger partial charge in [-0.3, -0.25) is 9.36 Å². The molecule has 4 rings (SSSR count). The van der Waals surface area contributed by atoms with Crippen molar-refractivity contribution in [3.63, 3.8) is 0 Å². The summed E-state index contributed by atoms with van der Waals surface area (Å²) < 4.78 is 7.48. The van der Waals surface area contributed by atoms with Gasteiger partial charge >= 0.3 is 0 Å². The van der Waals surface area contributed by atoms with Gasteiger partial charge in [-0.2, -0.15) is 0 Å². The molecule has 0 saturated heterocycles. The van der Waals surface area contributed by atoms with Crippen LogP contribution in [0.2, 0.25) is 10.0 Å². The van der Waals surface area contributed by atoms with Crippen molar-refractivity contribution < 1.29 is 4.74 Å². The van der Waals surface area contributed by atoms with Crippen LogP contribution in [0.4, 0.5) is 0 Å². The van der Waals surface area contributed by atoms with E-state index >= 15 is 0 Å². The lowest BCUT2D eigenvalue weighted by atomic mass is 10.1. The number of hydrogen-bond donors (Lipinski definition) is 0. The number of hydrogen-bond acceptors (Lipinski definition) is 5. The summed E-state index contributed by atoms with van der Waals surface area (Å²) in [4.78, 5) is 20.5. The quantitative estimate of drug-likeness (QED) is 0.145. The van der Waals surface area contributed by atoms with Crippen LogP contribution in [0.15, 0.2) is 58.5 Å². The SMILES string of the molecule is CCCc1sc2nc(SCCOc3ccccc3Cl)n(-c3ccc(Cl)cc3)c(=O)c2c1C. The van der Waals surface area contributed by atoms with Crippen molar-refractivity contribution >= 4 is 56.5 Å². The van der Waals surface area contributed by atoms with Crippen molar-refractivity contribution in [2.75, 3.05) is 12.4 Å². The smallest absolute Gasteiger partial charge is 0.267 e. The molecule has 8 heteroatoms. The summed E-state index contributed by atoms with van der Waals surface area (Å²) >= 11 is 15.3. The van der Waals surface area contributed by atoms with Crippen LogP contribution in [0, 0.1) is 6.92 Å². The number of rotatable bonds is 8. The third kappa shape index (κ3) is 4.84. The van der Waals surface area contributed by atoms with Gasteiger partial charge in [-0.1, -0.05) is 60.4 Å². The maximum absolute atomic E-state index is 13.6.